The maximum atomic E-state index is 12.3. The minimum Gasteiger partial charge on any atom is -0.497 e. The number of pyridine rings is 1. The SMILES string of the molecule is COc1ccc(CNc2cncc(C(=O)Nc3ccccc3)c2)cc1. The van der Waals surface area contributed by atoms with Crippen LogP contribution in [0.25, 0.3) is 0 Å². The fourth-order valence-corrected chi connectivity index (χ4v) is 2.33. The van der Waals surface area contributed by atoms with Crippen LogP contribution in [0.5, 0.6) is 5.75 Å². The van der Waals surface area contributed by atoms with Crippen molar-refractivity contribution >= 4 is 17.3 Å². The first-order valence-corrected chi connectivity index (χ1v) is 7.93. The molecule has 0 aliphatic rings. The Morgan fingerprint density at radius 1 is 1.00 bits per heavy atom. The fourth-order valence-electron chi connectivity index (χ4n) is 2.33. The van der Waals surface area contributed by atoms with Crippen LogP contribution in [-0.4, -0.2) is 18.0 Å². The maximum Gasteiger partial charge on any atom is 0.257 e. The fraction of sp³-hybridized carbons (Fsp3) is 0.100. The molecule has 2 aromatic carbocycles. The Hall–Kier alpha value is -3.34. The molecule has 0 unspecified atom stereocenters. The summed E-state index contributed by atoms with van der Waals surface area (Å²) in [5.41, 5.74) is 3.16. The summed E-state index contributed by atoms with van der Waals surface area (Å²) in [4.78, 5) is 16.5. The number of methoxy groups -OCH3 is 1. The minimum absolute atomic E-state index is 0.188. The van der Waals surface area contributed by atoms with E-state index in [0.29, 0.717) is 12.1 Å². The number of nitrogens with one attached hydrogen (secondary N) is 2. The number of anilines is 2. The van der Waals surface area contributed by atoms with Crippen LogP contribution in [0.2, 0.25) is 0 Å². The number of nitrogens with zero attached hydrogens (tertiary/aromatic N) is 1. The number of carbonyl (C=O) groups is 1. The lowest BCUT2D eigenvalue weighted by Crippen LogP contribution is -2.12. The molecule has 3 aromatic rings. The maximum absolute atomic E-state index is 12.3. The summed E-state index contributed by atoms with van der Waals surface area (Å²) in [5.74, 6) is 0.636. The van der Waals surface area contributed by atoms with Gasteiger partial charge in [-0.25, -0.2) is 0 Å². The molecule has 25 heavy (non-hydrogen) atoms. The summed E-state index contributed by atoms with van der Waals surface area (Å²) < 4.78 is 5.15. The van der Waals surface area contributed by atoms with Gasteiger partial charge in [-0.3, -0.25) is 9.78 Å². The number of para-hydroxylation sites is 1. The van der Waals surface area contributed by atoms with E-state index in [1.54, 1.807) is 25.6 Å². The second-order valence-electron chi connectivity index (χ2n) is 5.48. The zero-order valence-corrected chi connectivity index (χ0v) is 13.9. The highest BCUT2D eigenvalue weighted by molar-refractivity contribution is 6.04. The molecule has 126 valence electrons. The van der Waals surface area contributed by atoms with Crippen molar-refractivity contribution < 1.29 is 9.53 Å². The molecule has 2 N–H and O–H groups in total. The second-order valence-corrected chi connectivity index (χ2v) is 5.48. The van der Waals surface area contributed by atoms with E-state index in [9.17, 15) is 4.79 Å². The molecule has 0 saturated carbocycles. The summed E-state index contributed by atoms with van der Waals surface area (Å²) in [7, 11) is 1.64. The molecule has 1 amide bonds. The molecule has 5 nitrogen and oxygen atoms in total. The molecule has 0 atom stereocenters. The molecule has 0 spiro atoms. The van der Waals surface area contributed by atoms with Crippen molar-refractivity contribution in [3.05, 3.63) is 84.2 Å². The number of aromatic nitrogens is 1. The Morgan fingerprint density at radius 3 is 2.48 bits per heavy atom. The standard InChI is InChI=1S/C20H19N3O2/c1-25-19-9-7-15(8-10-19)12-22-18-11-16(13-21-14-18)20(24)23-17-5-3-2-4-6-17/h2-11,13-14,22H,12H2,1H3,(H,23,24). The number of rotatable bonds is 6. The predicted molar refractivity (Wildman–Crippen MR) is 99.0 cm³/mol. The van der Waals surface area contributed by atoms with Crippen molar-refractivity contribution in [3.63, 3.8) is 0 Å². The third-order valence-electron chi connectivity index (χ3n) is 3.69. The van der Waals surface area contributed by atoms with Gasteiger partial charge in [0, 0.05) is 24.6 Å². The number of hydrogen-bond acceptors (Lipinski definition) is 4. The van der Waals surface area contributed by atoms with E-state index in [0.717, 1.165) is 22.7 Å². The van der Waals surface area contributed by atoms with Gasteiger partial charge in [0.1, 0.15) is 5.75 Å². The van der Waals surface area contributed by atoms with E-state index >= 15 is 0 Å². The molecule has 0 aliphatic heterocycles. The average Bonchev–Trinajstić information content (AvgIpc) is 2.68. The van der Waals surface area contributed by atoms with Crippen molar-refractivity contribution in [1.82, 2.24) is 4.98 Å². The number of benzene rings is 2. The zero-order valence-electron chi connectivity index (χ0n) is 13.9. The molecular weight excluding hydrogens is 314 g/mol. The molecule has 0 aliphatic carbocycles. The van der Waals surface area contributed by atoms with Crippen molar-refractivity contribution in [3.8, 4) is 5.75 Å². The first-order chi connectivity index (χ1) is 12.2. The molecular formula is C20H19N3O2. The lowest BCUT2D eigenvalue weighted by Gasteiger charge is -2.09. The molecule has 0 saturated heterocycles. The van der Waals surface area contributed by atoms with Gasteiger partial charge < -0.3 is 15.4 Å². The molecule has 0 bridgehead atoms. The van der Waals surface area contributed by atoms with Gasteiger partial charge in [0.2, 0.25) is 0 Å². The third kappa shape index (κ3) is 4.57. The summed E-state index contributed by atoms with van der Waals surface area (Å²) in [6, 6.07) is 18.9. The highest BCUT2D eigenvalue weighted by Crippen LogP contribution is 2.15. The number of ether oxygens (including phenoxy) is 1. The molecule has 1 heterocycles. The van der Waals surface area contributed by atoms with Crippen molar-refractivity contribution in [2.24, 2.45) is 0 Å². The molecule has 3 rings (SSSR count). The number of hydrogen-bond donors (Lipinski definition) is 2. The number of amides is 1. The average molecular weight is 333 g/mol. The first-order valence-electron chi connectivity index (χ1n) is 7.93. The van der Waals surface area contributed by atoms with E-state index in [2.05, 4.69) is 15.6 Å². The Kier molecular flexibility index (Phi) is 5.26. The second kappa shape index (κ2) is 7.97. The van der Waals surface area contributed by atoms with Crippen molar-refractivity contribution in [2.75, 3.05) is 17.7 Å². The van der Waals surface area contributed by atoms with Crippen LogP contribution >= 0.6 is 0 Å². The van der Waals surface area contributed by atoms with Gasteiger partial charge in [0.25, 0.3) is 5.91 Å². The minimum atomic E-state index is -0.188. The van der Waals surface area contributed by atoms with Crippen LogP contribution in [0.3, 0.4) is 0 Å². The highest BCUT2D eigenvalue weighted by atomic mass is 16.5. The van der Waals surface area contributed by atoms with Crippen LogP contribution in [0, 0.1) is 0 Å². The van der Waals surface area contributed by atoms with Gasteiger partial charge in [-0.15, -0.1) is 0 Å². The zero-order chi connectivity index (χ0) is 17.5. The first kappa shape index (κ1) is 16.5. The Bertz CT molecular complexity index is 833. The van der Waals surface area contributed by atoms with Gasteiger partial charge in [0.05, 0.1) is 18.4 Å². The van der Waals surface area contributed by atoms with E-state index in [1.165, 1.54) is 0 Å². The smallest absolute Gasteiger partial charge is 0.257 e. The van der Waals surface area contributed by atoms with Crippen LogP contribution in [0.15, 0.2) is 73.1 Å². The molecule has 1 aromatic heterocycles. The molecule has 0 radical (unpaired) electrons. The largest absolute Gasteiger partial charge is 0.497 e. The third-order valence-corrected chi connectivity index (χ3v) is 3.69. The summed E-state index contributed by atoms with van der Waals surface area (Å²) in [6.07, 6.45) is 3.25. The molecule has 5 heteroatoms. The summed E-state index contributed by atoms with van der Waals surface area (Å²) in [5, 5.41) is 6.13. The van der Waals surface area contributed by atoms with E-state index < -0.39 is 0 Å². The van der Waals surface area contributed by atoms with Gasteiger partial charge in [-0.2, -0.15) is 0 Å². The van der Waals surface area contributed by atoms with Crippen LogP contribution in [0.1, 0.15) is 15.9 Å². The predicted octanol–water partition coefficient (Wildman–Crippen LogP) is 3.95. The van der Waals surface area contributed by atoms with Gasteiger partial charge in [0.15, 0.2) is 0 Å². The van der Waals surface area contributed by atoms with Gasteiger partial charge in [-0.05, 0) is 35.9 Å². The Morgan fingerprint density at radius 2 is 1.76 bits per heavy atom. The highest BCUT2D eigenvalue weighted by Gasteiger charge is 2.07. The van der Waals surface area contributed by atoms with Gasteiger partial charge >= 0.3 is 0 Å². The lowest BCUT2D eigenvalue weighted by atomic mass is 10.2. The summed E-state index contributed by atoms with van der Waals surface area (Å²) in [6.45, 7) is 0.634. The summed E-state index contributed by atoms with van der Waals surface area (Å²) >= 11 is 0. The lowest BCUT2D eigenvalue weighted by molar-refractivity contribution is 0.102. The Balaban J connectivity index is 1.63. The topological polar surface area (TPSA) is 63.2 Å². The van der Waals surface area contributed by atoms with E-state index in [-0.39, 0.29) is 5.91 Å². The van der Waals surface area contributed by atoms with Crippen LogP contribution in [0.4, 0.5) is 11.4 Å². The van der Waals surface area contributed by atoms with Crippen molar-refractivity contribution in [2.45, 2.75) is 6.54 Å². The quantitative estimate of drug-likeness (QED) is 0.717. The monoisotopic (exact) mass is 333 g/mol. The van der Waals surface area contributed by atoms with Crippen LogP contribution in [-0.2, 0) is 6.54 Å². The van der Waals surface area contributed by atoms with Crippen LogP contribution < -0.4 is 15.4 Å². The Labute approximate surface area is 146 Å². The molecule has 0 fully saturated rings. The van der Waals surface area contributed by atoms with E-state index in [4.69, 9.17) is 4.74 Å². The van der Waals surface area contributed by atoms with E-state index in [1.807, 2.05) is 54.6 Å². The van der Waals surface area contributed by atoms with Crippen molar-refractivity contribution in [1.29, 1.82) is 0 Å². The number of carbonyl (C=O) groups excluding carboxylic acids is 1. The van der Waals surface area contributed by atoms with Gasteiger partial charge in [-0.1, -0.05) is 30.3 Å². The normalized spacial score (nSPS) is 10.1.